The van der Waals surface area contributed by atoms with Crippen molar-refractivity contribution in [2.24, 2.45) is 0 Å². The second kappa shape index (κ2) is 4.99. The maximum Gasteiger partial charge on any atom is 0.0417 e. The molecule has 3 heteroatoms. The van der Waals surface area contributed by atoms with E-state index < -0.39 is 0 Å². The second-order valence-electron chi connectivity index (χ2n) is 3.47. The van der Waals surface area contributed by atoms with Gasteiger partial charge in [0.2, 0.25) is 0 Å². The summed E-state index contributed by atoms with van der Waals surface area (Å²) in [6.07, 6.45) is 4.05. The Balaban J connectivity index is 0.000000845. The molecule has 0 aliphatic carbocycles. The van der Waals surface area contributed by atoms with Gasteiger partial charge in [0.05, 0.1) is 0 Å². The van der Waals surface area contributed by atoms with Crippen molar-refractivity contribution in [2.45, 2.75) is 32.2 Å². The van der Waals surface area contributed by atoms with Gasteiger partial charge in [-0.25, -0.2) is 0 Å². The van der Waals surface area contributed by atoms with Crippen molar-refractivity contribution in [2.75, 3.05) is 6.54 Å². The van der Waals surface area contributed by atoms with Gasteiger partial charge in [0.25, 0.3) is 0 Å². The van der Waals surface area contributed by atoms with Crippen molar-refractivity contribution in [3.05, 3.63) is 21.9 Å². The quantitative estimate of drug-likeness (QED) is 0.761. The van der Waals surface area contributed by atoms with Crippen LogP contribution in [0.2, 0.25) is 0 Å². The van der Waals surface area contributed by atoms with Gasteiger partial charge in [-0.2, -0.15) is 0 Å². The van der Waals surface area contributed by atoms with Crippen LogP contribution in [0, 0.1) is 6.92 Å². The summed E-state index contributed by atoms with van der Waals surface area (Å²) in [5.74, 6) is 0. The third-order valence-corrected chi connectivity index (χ3v) is 3.66. The van der Waals surface area contributed by atoms with Crippen LogP contribution in [-0.4, -0.2) is 6.54 Å². The summed E-state index contributed by atoms with van der Waals surface area (Å²) >= 11 is 1.89. The Kier molecular flexibility index (Phi) is 4.23. The lowest BCUT2D eigenvalue weighted by molar-refractivity contribution is 0.416. The van der Waals surface area contributed by atoms with Crippen LogP contribution < -0.4 is 5.32 Å². The predicted molar refractivity (Wildman–Crippen MR) is 60.9 cm³/mol. The highest BCUT2D eigenvalue weighted by Crippen LogP contribution is 2.29. The van der Waals surface area contributed by atoms with E-state index in [-0.39, 0.29) is 12.4 Å². The molecule has 0 unspecified atom stereocenters. The summed E-state index contributed by atoms with van der Waals surface area (Å²) in [6.45, 7) is 3.41. The summed E-state index contributed by atoms with van der Waals surface area (Å²) in [5, 5.41) is 5.77. The first-order chi connectivity index (χ1) is 5.88. The molecule has 1 aliphatic heterocycles. The van der Waals surface area contributed by atoms with Crippen LogP contribution in [0.25, 0.3) is 0 Å². The Morgan fingerprint density at radius 3 is 2.85 bits per heavy atom. The smallest absolute Gasteiger partial charge is 0.0417 e. The van der Waals surface area contributed by atoms with E-state index in [9.17, 15) is 0 Å². The fourth-order valence-electron chi connectivity index (χ4n) is 1.82. The molecular formula is C10H16ClNS. The van der Waals surface area contributed by atoms with Crippen LogP contribution >= 0.6 is 23.7 Å². The van der Waals surface area contributed by atoms with Crippen molar-refractivity contribution in [1.82, 2.24) is 5.32 Å². The van der Waals surface area contributed by atoms with Gasteiger partial charge in [0.1, 0.15) is 0 Å². The number of nitrogens with one attached hydrogen (secondary N) is 1. The van der Waals surface area contributed by atoms with Crippen LogP contribution in [0.4, 0.5) is 0 Å². The molecule has 1 nitrogen and oxygen atoms in total. The number of piperidine rings is 1. The first-order valence-corrected chi connectivity index (χ1v) is 5.53. The van der Waals surface area contributed by atoms with Crippen LogP contribution in [0.5, 0.6) is 0 Å². The average Bonchev–Trinajstić information content (AvgIpc) is 2.53. The van der Waals surface area contributed by atoms with Crippen LogP contribution in [0.3, 0.4) is 0 Å². The average molecular weight is 218 g/mol. The van der Waals surface area contributed by atoms with Crippen LogP contribution in [0.15, 0.2) is 11.4 Å². The van der Waals surface area contributed by atoms with E-state index in [1.54, 1.807) is 4.88 Å². The lowest BCUT2D eigenvalue weighted by Gasteiger charge is -2.23. The minimum atomic E-state index is 0. The molecule has 74 valence electrons. The third-order valence-electron chi connectivity index (χ3n) is 2.53. The van der Waals surface area contributed by atoms with E-state index in [2.05, 4.69) is 23.7 Å². The van der Waals surface area contributed by atoms with Gasteiger partial charge in [-0.05, 0) is 43.3 Å². The molecule has 0 amide bonds. The predicted octanol–water partition coefficient (Wildman–Crippen LogP) is 3.29. The summed E-state index contributed by atoms with van der Waals surface area (Å²) in [5.41, 5.74) is 1.46. The summed E-state index contributed by atoms with van der Waals surface area (Å²) in [7, 11) is 0. The number of hydrogen-bond donors (Lipinski definition) is 1. The molecule has 1 fully saturated rings. The van der Waals surface area contributed by atoms with Gasteiger partial charge in [-0.1, -0.05) is 6.42 Å². The molecule has 0 radical (unpaired) electrons. The molecule has 13 heavy (non-hydrogen) atoms. The lowest BCUT2D eigenvalue weighted by atomic mass is 10.0. The molecular weight excluding hydrogens is 202 g/mol. The maximum atomic E-state index is 3.57. The van der Waals surface area contributed by atoms with Gasteiger partial charge in [-0.3, -0.25) is 0 Å². The van der Waals surface area contributed by atoms with Gasteiger partial charge in [0.15, 0.2) is 0 Å². The lowest BCUT2D eigenvalue weighted by Crippen LogP contribution is -2.26. The van der Waals surface area contributed by atoms with Gasteiger partial charge in [0, 0.05) is 10.9 Å². The van der Waals surface area contributed by atoms with E-state index >= 15 is 0 Å². The Hall–Kier alpha value is -0.0500. The van der Waals surface area contributed by atoms with Gasteiger partial charge in [-0.15, -0.1) is 23.7 Å². The monoisotopic (exact) mass is 217 g/mol. The zero-order valence-electron chi connectivity index (χ0n) is 7.88. The van der Waals surface area contributed by atoms with Crippen molar-refractivity contribution in [3.8, 4) is 0 Å². The highest BCUT2D eigenvalue weighted by atomic mass is 35.5. The highest BCUT2D eigenvalue weighted by molar-refractivity contribution is 7.10. The first kappa shape index (κ1) is 11.0. The fraction of sp³-hybridized carbons (Fsp3) is 0.600. The molecule has 1 aliphatic rings. The van der Waals surface area contributed by atoms with Crippen LogP contribution in [-0.2, 0) is 0 Å². The topological polar surface area (TPSA) is 12.0 Å². The molecule has 0 spiro atoms. The molecule has 1 saturated heterocycles. The summed E-state index contributed by atoms with van der Waals surface area (Å²) in [4.78, 5) is 1.55. The molecule has 0 saturated carbocycles. The molecule has 1 atom stereocenters. The van der Waals surface area contributed by atoms with Crippen molar-refractivity contribution in [3.63, 3.8) is 0 Å². The summed E-state index contributed by atoms with van der Waals surface area (Å²) < 4.78 is 0. The van der Waals surface area contributed by atoms with Gasteiger partial charge >= 0.3 is 0 Å². The molecule has 0 aromatic carbocycles. The first-order valence-electron chi connectivity index (χ1n) is 4.65. The molecule has 1 aromatic rings. The number of aryl methyl sites for hydroxylation is 1. The standard InChI is InChI=1S/C10H15NS.ClH/c1-8-5-7-12-10(8)9-4-2-3-6-11-9;/h5,7,9,11H,2-4,6H2,1H3;1H/t9-;/m1./s1. The highest BCUT2D eigenvalue weighted by Gasteiger charge is 2.16. The molecule has 1 aromatic heterocycles. The van der Waals surface area contributed by atoms with E-state index in [4.69, 9.17) is 0 Å². The number of rotatable bonds is 1. The maximum absolute atomic E-state index is 3.57. The SMILES string of the molecule is Cc1ccsc1[C@H]1CCCCN1.Cl. The number of thiophene rings is 1. The van der Waals surface area contributed by atoms with E-state index in [1.807, 2.05) is 11.3 Å². The zero-order valence-corrected chi connectivity index (χ0v) is 9.51. The van der Waals surface area contributed by atoms with E-state index in [1.165, 1.54) is 31.4 Å². The molecule has 0 bridgehead atoms. The fourth-order valence-corrected chi connectivity index (χ4v) is 2.86. The van der Waals surface area contributed by atoms with Crippen LogP contribution in [0.1, 0.15) is 35.7 Å². The Labute approximate surface area is 90.0 Å². The summed E-state index contributed by atoms with van der Waals surface area (Å²) in [6, 6.07) is 2.87. The van der Waals surface area contributed by atoms with Crippen molar-refractivity contribution in [1.29, 1.82) is 0 Å². The minimum Gasteiger partial charge on any atom is -0.309 e. The zero-order chi connectivity index (χ0) is 8.39. The third kappa shape index (κ3) is 2.46. The van der Waals surface area contributed by atoms with Crippen molar-refractivity contribution >= 4 is 23.7 Å². The Morgan fingerprint density at radius 2 is 2.31 bits per heavy atom. The molecule has 1 N–H and O–H groups in total. The molecule has 2 heterocycles. The molecule has 2 rings (SSSR count). The number of halogens is 1. The minimum absolute atomic E-state index is 0. The Morgan fingerprint density at radius 1 is 1.46 bits per heavy atom. The largest absolute Gasteiger partial charge is 0.309 e. The van der Waals surface area contributed by atoms with E-state index in [0.29, 0.717) is 6.04 Å². The normalized spacial score (nSPS) is 22.4. The second-order valence-corrected chi connectivity index (χ2v) is 4.42. The number of hydrogen-bond acceptors (Lipinski definition) is 2. The van der Waals surface area contributed by atoms with Gasteiger partial charge < -0.3 is 5.32 Å². The Bertz CT molecular complexity index is 253. The van der Waals surface area contributed by atoms with Crippen molar-refractivity contribution < 1.29 is 0 Å². The van der Waals surface area contributed by atoms with E-state index in [0.717, 1.165) is 0 Å².